The van der Waals surface area contributed by atoms with Gasteiger partial charge < -0.3 is 5.73 Å². The van der Waals surface area contributed by atoms with Crippen LogP contribution in [0, 0.1) is 6.92 Å². The molecule has 2 aromatic rings. The minimum absolute atomic E-state index is 0.163. The molecule has 0 atom stereocenters. The normalized spacial score (nSPS) is 11.3. The number of anilines is 2. The van der Waals surface area contributed by atoms with E-state index < -0.39 is 10.0 Å². The number of nitrogens with one attached hydrogen (secondary N) is 1. The number of halogens is 2. The summed E-state index contributed by atoms with van der Waals surface area (Å²) in [6, 6.07) is 9.59. The Kier molecular flexibility index (Phi) is 4.27. The minimum Gasteiger partial charge on any atom is -0.398 e. The number of aryl methyl sites for hydroxylation is 1. The molecule has 0 aromatic heterocycles. The Morgan fingerprint density at radius 3 is 2.50 bits per heavy atom. The van der Waals surface area contributed by atoms with Gasteiger partial charge in [0.05, 0.1) is 16.4 Å². The molecule has 4 nitrogen and oxygen atoms in total. The highest BCUT2D eigenvalue weighted by molar-refractivity contribution is 9.10. The first kappa shape index (κ1) is 15.2. The van der Waals surface area contributed by atoms with Gasteiger partial charge in [0, 0.05) is 4.47 Å². The van der Waals surface area contributed by atoms with Crippen LogP contribution in [0.5, 0.6) is 0 Å². The molecule has 0 saturated heterocycles. The number of sulfonamides is 1. The van der Waals surface area contributed by atoms with Crippen LogP contribution in [0.3, 0.4) is 0 Å². The molecule has 0 saturated carbocycles. The van der Waals surface area contributed by atoms with Crippen molar-refractivity contribution in [2.75, 3.05) is 10.5 Å². The van der Waals surface area contributed by atoms with Gasteiger partial charge in [-0.2, -0.15) is 0 Å². The third kappa shape index (κ3) is 3.26. The van der Waals surface area contributed by atoms with Crippen LogP contribution in [0.1, 0.15) is 5.56 Å². The van der Waals surface area contributed by atoms with E-state index in [1.54, 1.807) is 30.3 Å². The summed E-state index contributed by atoms with van der Waals surface area (Å²) >= 11 is 9.13. The third-order valence-electron chi connectivity index (χ3n) is 2.63. The molecule has 0 bridgehead atoms. The van der Waals surface area contributed by atoms with Crippen molar-refractivity contribution in [3.8, 4) is 0 Å². The summed E-state index contributed by atoms with van der Waals surface area (Å²) in [7, 11) is -3.69. The molecule has 0 spiro atoms. The number of hydrogen-bond donors (Lipinski definition) is 2. The number of rotatable bonds is 3. The van der Waals surface area contributed by atoms with Crippen LogP contribution < -0.4 is 10.5 Å². The predicted octanol–water partition coefficient (Wildman–Crippen LogP) is 3.79. The predicted molar refractivity (Wildman–Crippen MR) is 85.6 cm³/mol. The molecule has 0 heterocycles. The van der Waals surface area contributed by atoms with Crippen LogP contribution in [0.4, 0.5) is 11.4 Å². The van der Waals surface area contributed by atoms with Crippen molar-refractivity contribution in [2.24, 2.45) is 0 Å². The van der Waals surface area contributed by atoms with E-state index >= 15 is 0 Å². The maximum absolute atomic E-state index is 12.3. The second-order valence-electron chi connectivity index (χ2n) is 4.28. The van der Waals surface area contributed by atoms with E-state index in [1.165, 1.54) is 6.07 Å². The molecule has 0 radical (unpaired) electrons. The van der Waals surface area contributed by atoms with Crippen molar-refractivity contribution in [3.05, 3.63) is 51.5 Å². The zero-order valence-corrected chi connectivity index (χ0v) is 13.7. The van der Waals surface area contributed by atoms with E-state index in [1.807, 2.05) is 6.92 Å². The summed E-state index contributed by atoms with van der Waals surface area (Å²) in [5, 5.41) is 0.299. The average molecular weight is 376 g/mol. The van der Waals surface area contributed by atoms with Crippen LogP contribution in [0.15, 0.2) is 45.8 Å². The molecule has 7 heteroatoms. The van der Waals surface area contributed by atoms with Crippen LogP contribution in [-0.4, -0.2) is 8.42 Å². The lowest BCUT2D eigenvalue weighted by Gasteiger charge is -2.11. The Morgan fingerprint density at radius 2 is 1.90 bits per heavy atom. The lowest BCUT2D eigenvalue weighted by Crippen LogP contribution is -2.13. The topological polar surface area (TPSA) is 72.2 Å². The first-order valence-corrected chi connectivity index (χ1v) is 8.29. The molecular weight excluding hydrogens is 364 g/mol. The minimum atomic E-state index is -3.69. The third-order valence-corrected chi connectivity index (χ3v) is 5.31. The van der Waals surface area contributed by atoms with Crippen molar-refractivity contribution >= 4 is 48.9 Å². The second-order valence-corrected chi connectivity index (χ2v) is 7.19. The maximum Gasteiger partial charge on any atom is 0.263 e. The van der Waals surface area contributed by atoms with E-state index in [0.717, 1.165) is 5.56 Å². The SMILES string of the molecule is Cc1ccc(S(=O)(=O)Nc2ccc(N)c(Cl)c2)c(Br)c1. The van der Waals surface area contributed by atoms with Gasteiger partial charge in [-0.1, -0.05) is 17.7 Å². The van der Waals surface area contributed by atoms with Gasteiger partial charge in [0.15, 0.2) is 0 Å². The lowest BCUT2D eigenvalue weighted by atomic mass is 10.2. The first-order valence-electron chi connectivity index (χ1n) is 5.63. The highest BCUT2D eigenvalue weighted by Crippen LogP contribution is 2.27. The lowest BCUT2D eigenvalue weighted by molar-refractivity contribution is 0.600. The van der Waals surface area contributed by atoms with Gasteiger partial charge in [-0.25, -0.2) is 8.42 Å². The fourth-order valence-electron chi connectivity index (χ4n) is 1.62. The van der Waals surface area contributed by atoms with E-state index in [4.69, 9.17) is 17.3 Å². The summed E-state index contributed by atoms with van der Waals surface area (Å²) < 4.78 is 27.6. The molecular formula is C13H12BrClN2O2S. The molecule has 0 amide bonds. The summed E-state index contributed by atoms with van der Waals surface area (Å²) in [5.74, 6) is 0. The molecule has 2 rings (SSSR count). The smallest absolute Gasteiger partial charge is 0.263 e. The first-order chi connectivity index (χ1) is 9.29. The summed E-state index contributed by atoms with van der Waals surface area (Å²) in [6.07, 6.45) is 0. The summed E-state index contributed by atoms with van der Waals surface area (Å²) in [6.45, 7) is 1.88. The summed E-state index contributed by atoms with van der Waals surface area (Å²) in [5.41, 5.74) is 7.30. The van der Waals surface area contributed by atoms with E-state index in [2.05, 4.69) is 20.7 Å². The molecule has 0 aliphatic heterocycles. The molecule has 3 N–H and O–H groups in total. The van der Waals surface area contributed by atoms with Crippen LogP contribution in [0.25, 0.3) is 0 Å². The molecule has 0 fully saturated rings. The van der Waals surface area contributed by atoms with Gasteiger partial charge in [0.2, 0.25) is 0 Å². The average Bonchev–Trinajstić information content (AvgIpc) is 2.33. The monoisotopic (exact) mass is 374 g/mol. The van der Waals surface area contributed by atoms with Crippen molar-refractivity contribution in [1.82, 2.24) is 0 Å². The number of hydrogen-bond acceptors (Lipinski definition) is 3. The van der Waals surface area contributed by atoms with Crippen LogP contribution in [-0.2, 0) is 10.0 Å². The zero-order valence-electron chi connectivity index (χ0n) is 10.5. The van der Waals surface area contributed by atoms with Crippen molar-refractivity contribution in [3.63, 3.8) is 0 Å². The molecule has 0 aliphatic carbocycles. The highest BCUT2D eigenvalue weighted by atomic mass is 79.9. The fourth-order valence-corrected chi connectivity index (χ4v) is 4.05. The second kappa shape index (κ2) is 5.63. The maximum atomic E-state index is 12.3. The Bertz CT molecular complexity index is 763. The molecule has 0 aliphatic rings. The fraction of sp³-hybridized carbons (Fsp3) is 0.0769. The molecule has 0 unspecified atom stereocenters. The highest BCUT2D eigenvalue weighted by Gasteiger charge is 2.18. The Balaban J connectivity index is 2.38. The van der Waals surface area contributed by atoms with Crippen LogP contribution in [0.2, 0.25) is 5.02 Å². The Hall–Kier alpha value is -1.24. The summed E-state index contributed by atoms with van der Waals surface area (Å²) in [4.78, 5) is 0.163. The van der Waals surface area contributed by atoms with Gasteiger partial charge in [-0.3, -0.25) is 4.72 Å². The van der Waals surface area contributed by atoms with Crippen molar-refractivity contribution < 1.29 is 8.42 Å². The van der Waals surface area contributed by atoms with E-state index in [0.29, 0.717) is 20.9 Å². The van der Waals surface area contributed by atoms with E-state index in [-0.39, 0.29) is 4.90 Å². The number of nitrogen functional groups attached to an aromatic ring is 1. The standard InChI is InChI=1S/C13H12BrClN2O2S/c1-8-2-5-13(10(14)6-8)20(18,19)17-9-3-4-12(16)11(15)7-9/h2-7,17H,16H2,1H3. The van der Waals surface area contributed by atoms with Crippen molar-refractivity contribution in [1.29, 1.82) is 0 Å². The van der Waals surface area contributed by atoms with Gasteiger partial charge in [0.25, 0.3) is 10.0 Å². The molecule has 20 heavy (non-hydrogen) atoms. The quantitative estimate of drug-likeness (QED) is 0.802. The number of benzene rings is 2. The van der Waals surface area contributed by atoms with E-state index in [9.17, 15) is 8.42 Å². The zero-order chi connectivity index (χ0) is 14.9. The van der Waals surface area contributed by atoms with Gasteiger partial charge in [-0.05, 0) is 58.7 Å². The largest absolute Gasteiger partial charge is 0.398 e. The van der Waals surface area contributed by atoms with Gasteiger partial charge in [-0.15, -0.1) is 0 Å². The Labute approximate surface area is 131 Å². The van der Waals surface area contributed by atoms with Gasteiger partial charge >= 0.3 is 0 Å². The van der Waals surface area contributed by atoms with Crippen LogP contribution >= 0.6 is 27.5 Å². The molecule has 106 valence electrons. The van der Waals surface area contributed by atoms with Gasteiger partial charge in [0.1, 0.15) is 4.90 Å². The Morgan fingerprint density at radius 1 is 1.20 bits per heavy atom. The van der Waals surface area contributed by atoms with Crippen molar-refractivity contribution in [2.45, 2.75) is 11.8 Å². The number of nitrogens with two attached hydrogens (primary N) is 1. The molecule has 2 aromatic carbocycles.